The summed E-state index contributed by atoms with van der Waals surface area (Å²) in [7, 11) is 1.65. The highest BCUT2D eigenvalue weighted by Crippen LogP contribution is 2.38. The number of methoxy groups -OCH3 is 1. The molecule has 0 radical (unpaired) electrons. The van der Waals surface area contributed by atoms with Crippen LogP contribution in [0.1, 0.15) is 29.3 Å². The molecule has 1 aliphatic rings. The van der Waals surface area contributed by atoms with E-state index in [-0.39, 0.29) is 11.9 Å². The third-order valence-electron chi connectivity index (χ3n) is 4.26. The van der Waals surface area contributed by atoms with Crippen LogP contribution < -0.4 is 19.5 Å². The largest absolute Gasteiger partial charge is 0.497 e. The zero-order valence-electron chi connectivity index (χ0n) is 14.9. The van der Waals surface area contributed by atoms with Crippen molar-refractivity contribution in [2.75, 3.05) is 20.3 Å². The van der Waals surface area contributed by atoms with E-state index in [1.165, 1.54) is 5.56 Å². The number of carbonyl (C=O) groups excluding carboxylic acids is 1. The molecule has 138 valence electrons. The SMILES string of the molecule is COc1ccc(CCC(C)NC(=O)c2cc(Cl)c3c(c2)OCCO3)cc1. The van der Waals surface area contributed by atoms with Gasteiger partial charge in [-0.1, -0.05) is 23.7 Å². The number of amides is 1. The Morgan fingerprint density at radius 2 is 1.96 bits per heavy atom. The smallest absolute Gasteiger partial charge is 0.251 e. The minimum absolute atomic E-state index is 0.0246. The second-order valence-electron chi connectivity index (χ2n) is 6.24. The van der Waals surface area contributed by atoms with Crippen LogP contribution in [-0.4, -0.2) is 32.3 Å². The molecule has 0 saturated heterocycles. The number of hydrogen-bond donors (Lipinski definition) is 1. The van der Waals surface area contributed by atoms with Crippen LogP contribution in [0.25, 0.3) is 0 Å². The van der Waals surface area contributed by atoms with Gasteiger partial charge in [-0.3, -0.25) is 4.79 Å². The number of fused-ring (bicyclic) bond motifs is 1. The van der Waals surface area contributed by atoms with Crippen LogP contribution in [-0.2, 0) is 6.42 Å². The molecule has 1 N–H and O–H groups in total. The van der Waals surface area contributed by atoms with Crippen molar-refractivity contribution in [2.24, 2.45) is 0 Å². The maximum atomic E-state index is 12.5. The molecule has 26 heavy (non-hydrogen) atoms. The van der Waals surface area contributed by atoms with Crippen molar-refractivity contribution in [3.05, 3.63) is 52.5 Å². The number of nitrogens with one attached hydrogen (secondary N) is 1. The quantitative estimate of drug-likeness (QED) is 0.832. The number of ether oxygens (including phenoxy) is 3. The van der Waals surface area contributed by atoms with Crippen molar-refractivity contribution < 1.29 is 19.0 Å². The predicted octanol–water partition coefficient (Wildman–Crippen LogP) is 3.87. The zero-order chi connectivity index (χ0) is 18.5. The number of aryl methyl sites for hydroxylation is 1. The molecule has 2 aromatic rings. The first-order valence-corrected chi connectivity index (χ1v) is 8.97. The van der Waals surface area contributed by atoms with Gasteiger partial charge in [-0.05, 0) is 49.6 Å². The second kappa shape index (κ2) is 8.32. The van der Waals surface area contributed by atoms with Gasteiger partial charge in [0.25, 0.3) is 5.91 Å². The van der Waals surface area contributed by atoms with E-state index in [9.17, 15) is 4.79 Å². The lowest BCUT2D eigenvalue weighted by atomic mass is 10.1. The lowest BCUT2D eigenvalue weighted by Crippen LogP contribution is -2.33. The predicted molar refractivity (Wildman–Crippen MR) is 101 cm³/mol. The summed E-state index contributed by atoms with van der Waals surface area (Å²) in [5.74, 6) is 1.68. The molecule has 1 heterocycles. The normalized spacial score (nSPS) is 13.8. The van der Waals surface area contributed by atoms with Gasteiger partial charge in [-0.2, -0.15) is 0 Å². The standard InChI is InChI=1S/C20H22ClNO4/c1-13(3-4-14-5-7-16(24-2)8-6-14)22-20(23)15-11-17(21)19-18(12-15)25-9-10-26-19/h5-8,11-13H,3-4,9-10H2,1-2H3,(H,22,23). The average molecular weight is 376 g/mol. The van der Waals surface area contributed by atoms with Gasteiger partial charge in [-0.25, -0.2) is 0 Å². The van der Waals surface area contributed by atoms with E-state index in [1.807, 2.05) is 31.2 Å². The van der Waals surface area contributed by atoms with Gasteiger partial charge >= 0.3 is 0 Å². The van der Waals surface area contributed by atoms with Gasteiger partial charge in [0.05, 0.1) is 12.1 Å². The monoisotopic (exact) mass is 375 g/mol. The Labute approximate surface area is 158 Å². The first-order valence-electron chi connectivity index (χ1n) is 8.59. The maximum Gasteiger partial charge on any atom is 0.251 e. The molecule has 0 saturated carbocycles. The summed E-state index contributed by atoms with van der Waals surface area (Å²) in [6.07, 6.45) is 1.70. The highest BCUT2D eigenvalue weighted by molar-refractivity contribution is 6.32. The fourth-order valence-corrected chi connectivity index (χ4v) is 3.06. The van der Waals surface area contributed by atoms with Crippen LogP contribution in [0.5, 0.6) is 17.2 Å². The van der Waals surface area contributed by atoms with E-state index in [0.29, 0.717) is 35.3 Å². The Kier molecular flexibility index (Phi) is 5.89. The molecule has 3 rings (SSSR count). The van der Waals surface area contributed by atoms with Gasteiger partial charge < -0.3 is 19.5 Å². The number of benzene rings is 2. The molecule has 5 nitrogen and oxygen atoms in total. The summed E-state index contributed by atoms with van der Waals surface area (Å²) in [5, 5.41) is 3.39. The van der Waals surface area contributed by atoms with Crippen molar-refractivity contribution in [1.82, 2.24) is 5.32 Å². The van der Waals surface area contributed by atoms with Crippen molar-refractivity contribution >= 4 is 17.5 Å². The van der Waals surface area contributed by atoms with E-state index in [1.54, 1.807) is 19.2 Å². The van der Waals surface area contributed by atoms with Gasteiger partial charge in [-0.15, -0.1) is 0 Å². The number of carbonyl (C=O) groups is 1. The molecule has 0 spiro atoms. The Balaban J connectivity index is 1.57. The number of halogens is 1. The fourth-order valence-electron chi connectivity index (χ4n) is 2.80. The van der Waals surface area contributed by atoms with E-state index >= 15 is 0 Å². The van der Waals surface area contributed by atoms with Crippen molar-refractivity contribution in [3.8, 4) is 17.2 Å². The van der Waals surface area contributed by atoms with Crippen LogP contribution in [0.15, 0.2) is 36.4 Å². The van der Waals surface area contributed by atoms with Crippen LogP contribution in [0, 0.1) is 0 Å². The molecule has 1 atom stereocenters. The molecule has 1 aliphatic heterocycles. The Morgan fingerprint density at radius 1 is 1.23 bits per heavy atom. The van der Waals surface area contributed by atoms with E-state index in [0.717, 1.165) is 18.6 Å². The van der Waals surface area contributed by atoms with Crippen molar-refractivity contribution in [1.29, 1.82) is 0 Å². The second-order valence-corrected chi connectivity index (χ2v) is 6.65. The first-order chi connectivity index (χ1) is 12.6. The summed E-state index contributed by atoms with van der Waals surface area (Å²) in [4.78, 5) is 12.5. The molecular formula is C20H22ClNO4. The molecule has 2 aromatic carbocycles. The Bertz CT molecular complexity index is 776. The summed E-state index contributed by atoms with van der Waals surface area (Å²) in [6, 6.07) is 11.3. The molecule has 1 unspecified atom stereocenters. The maximum absolute atomic E-state index is 12.5. The van der Waals surface area contributed by atoms with Crippen LogP contribution >= 0.6 is 11.6 Å². The molecule has 0 bridgehead atoms. The molecule has 1 amide bonds. The first kappa shape index (κ1) is 18.4. The topological polar surface area (TPSA) is 56.8 Å². The van der Waals surface area contributed by atoms with Gasteiger partial charge in [0.15, 0.2) is 11.5 Å². The average Bonchev–Trinajstić information content (AvgIpc) is 2.66. The minimum atomic E-state index is -0.175. The van der Waals surface area contributed by atoms with Gasteiger partial charge in [0.1, 0.15) is 19.0 Å². The lowest BCUT2D eigenvalue weighted by Gasteiger charge is -2.20. The summed E-state index contributed by atoms with van der Waals surface area (Å²) >= 11 is 6.20. The Hall–Kier alpha value is -2.40. The molecule has 0 aliphatic carbocycles. The number of rotatable bonds is 6. The van der Waals surface area contributed by atoms with E-state index in [2.05, 4.69) is 5.32 Å². The summed E-state index contributed by atoms with van der Waals surface area (Å²) in [6.45, 7) is 2.90. The van der Waals surface area contributed by atoms with Gasteiger partial charge in [0.2, 0.25) is 0 Å². The highest BCUT2D eigenvalue weighted by Gasteiger charge is 2.20. The van der Waals surface area contributed by atoms with E-state index < -0.39 is 0 Å². The fraction of sp³-hybridized carbons (Fsp3) is 0.350. The zero-order valence-corrected chi connectivity index (χ0v) is 15.6. The summed E-state index contributed by atoms with van der Waals surface area (Å²) in [5.41, 5.74) is 1.67. The van der Waals surface area contributed by atoms with Crippen LogP contribution in [0.2, 0.25) is 5.02 Å². The lowest BCUT2D eigenvalue weighted by molar-refractivity contribution is 0.0937. The van der Waals surface area contributed by atoms with Gasteiger partial charge in [0, 0.05) is 11.6 Å². The van der Waals surface area contributed by atoms with E-state index in [4.69, 9.17) is 25.8 Å². The minimum Gasteiger partial charge on any atom is -0.497 e. The van der Waals surface area contributed by atoms with Crippen LogP contribution in [0.4, 0.5) is 0 Å². The third-order valence-corrected chi connectivity index (χ3v) is 4.54. The molecule has 6 heteroatoms. The molecule has 0 fully saturated rings. The van der Waals surface area contributed by atoms with Crippen molar-refractivity contribution in [3.63, 3.8) is 0 Å². The molecular weight excluding hydrogens is 354 g/mol. The highest BCUT2D eigenvalue weighted by atomic mass is 35.5. The van der Waals surface area contributed by atoms with Crippen molar-refractivity contribution in [2.45, 2.75) is 25.8 Å². The number of hydrogen-bond acceptors (Lipinski definition) is 4. The third kappa shape index (κ3) is 4.41. The summed E-state index contributed by atoms with van der Waals surface area (Å²) < 4.78 is 16.2. The molecule has 0 aromatic heterocycles. The van der Waals surface area contributed by atoms with Crippen LogP contribution in [0.3, 0.4) is 0 Å². The Morgan fingerprint density at radius 3 is 2.69 bits per heavy atom.